The molecule has 0 aromatic rings. The second-order valence-electron chi connectivity index (χ2n) is 1.75. The van der Waals surface area contributed by atoms with Crippen molar-refractivity contribution in [1.29, 1.82) is 5.26 Å². The molecule has 0 radical (unpaired) electrons. The van der Waals surface area contributed by atoms with Crippen LogP contribution in [0.5, 0.6) is 0 Å². The van der Waals surface area contributed by atoms with Gasteiger partial charge in [0.15, 0.2) is 0 Å². The van der Waals surface area contributed by atoms with Crippen LogP contribution in [0.4, 0.5) is 12.9 Å². The largest absolute Gasteiger partial charge is 1.00 e. The van der Waals surface area contributed by atoms with E-state index in [1.54, 1.807) is 6.07 Å². The predicted octanol–water partition coefficient (Wildman–Crippen LogP) is -0.763. The fourth-order valence-electron chi connectivity index (χ4n) is 0.398. The van der Waals surface area contributed by atoms with Gasteiger partial charge in [0.2, 0.25) is 0 Å². The fraction of sp³-hybridized carbons (Fsp3) is 0.400. The quantitative estimate of drug-likeness (QED) is 0.420. The summed E-state index contributed by atoms with van der Waals surface area (Å²) >= 11 is 0. The Morgan fingerprint density at radius 2 is 1.91 bits per heavy atom. The van der Waals surface area contributed by atoms with Crippen LogP contribution in [0.3, 0.4) is 0 Å². The molecule has 0 spiro atoms. The molecule has 56 valence electrons. The third-order valence-corrected chi connectivity index (χ3v) is 0.777. The zero-order chi connectivity index (χ0) is 8.04. The molecule has 0 heterocycles. The number of nitrogens with zero attached hydrogens (tertiary/aromatic N) is 1. The molecule has 0 atom stereocenters. The monoisotopic (exact) mass is 187 g/mol. The maximum absolute atomic E-state index is 11.4. The second-order valence-corrected chi connectivity index (χ2v) is 1.75. The summed E-state index contributed by atoms with van der Waals surface area (Å²) in [6.45, 7) is -4.81. The molecule has 0 fully saturated rings. The first-order valence-corrected chi connectivity index (χ1v) is 2.81. The number of rotatable bonds is 3. The maximum atomic E-state index is 11.4. The van der Waals surface area contributed by atoms with E-state index in [1.807, 2.05) is 0 Å². The number of allylic oxidation sites excluding steroid dienone is 1. The van der Waals surface area contributed by atoms with Crippen LogP contribution in [0.2, 0.25) is 0 Å². The average Bonchev–Trinajstić information content (AvgIpc) is 1.78. The van der Waals surface area contributed by atoms with E-state index in [2.05, 4.69) is 0 Å². The van der Waals surface area contributed by atoms with Crippen molar-refractivity contribution in [1.82, 2.24) is 0 Å². The molecule has 0 aromatic heterocycles. The third-order valence-electron chi connectivity index (χ3n) is 0.777. The molecule has 0 unspecified atom stereocenters. The van der Waals surface area contributed by atoms with Crippen LogP contribution in [0.15, 0.2) is 12.1 Å². The SMILES string of the molecule is N#CCC/C=C/[B-](F)(F)F.[K+]. The Morgan fingerprint density at radius 1 is 1.36 bits per heavy atom. The molecular weight excluding hydrogens is 181 g/mol. The van der Waals surface area contributed by atoms with Crippen molar-refractivity contribution < 1.29 is 64.3 Å². The van der Waals surface area contributed by atoms with E-state index in [0.717, 1.165) is 6.08 Å². The van der Waals surface area contributed by atoms with Gasteiger partial charge in [0.05, 0.1) is 6.07 Å². The standard InChI is InChI=1S/C5H6BF3N.K/c7-6(8,9)4-2-1-3-5-10;/h2,4H,1,3H2;/q-1;+1/b4-2+;. The minimum absolute atomic E-state index is 0. The number of halogens is 3. The van der Waals surface area contributed by atoms with E-state index in [-0.39, 0.29) is 70.2 Å². The van der Waals surface area contributed by atoms with E-state index >= 15 is 0 Å². The van der Waals surface area contributed by atoms with Crippen molar-refractivity contribution in [2.75, 3.05) is 0 Å². The zero-order valence-electron chi connectivity index (χ0n) is 6.23. The Balaban J connectivity index is 0. The first-order valence-electron chi connectivity index (χ1n) is 2.81. The smallest absolute Gasteiger partial charge is 0.445 e. The third kappa shape index (κ3) is 13.7. The molecule has 0 N–H and O–H groups in total. The second kappa shape index (κ2) is 7.37. The van der Waals surface area contributed by atoms with Gasteiger partial charge in [-0.05, 0) is 6.42 Å². The summed E-state index contributed by atoms with van der Waals surface area (Å²) in [4.78, 5) is 0. The van der Waals surface area contributed by atoms with Crippen molar-refractivity contribution in [3.63, 3.8) is 0 Å². The Hall–Kier alpha value is 0.721. The molecule has 11 heavy (non-hydrogen) atoms. The Morgan fingerprint density at radius 3 is 2.27 bits per heavy atom. The normalized spacial score (nSPS) is 10.7. The van der Waals surface area contributed by atoms with Gasteiger partial charge >= 0.3 is 58.4 Å². The van der Waals surface area contributed by atoms with Crippen LogP contribution < -0.4 is 51.4 Å². The molecule has 1 nitrogen and oxygen atoms in total. The minimum atomic E-state index is -4.81. The van der Waals surface area contributed by atoms with Crippen molar-refractivity contribution in [2.45, 2.75) is 12.8 Å². The van der Waals surface area contributed by atoms with Gasteiger partial charge in [-0.1, -0.05) is 0 Å². The average molecular weight is 187 g/mol. The van der Waals surface area contributed by atoms with Crippen LogP contribution in [0.1, 0.15) is 12.8 Å². The number of hydrogen-bond acceptors (Lipinski definition) is 1. The summed E-state index contributed by atoms with van der Waals surface area (Å²) in [6, 6.07) is 1.74. The molecule has 0 aliphatic rings. The summed E-state index contributed by atoms with van der Waals surface area (Å²) in [5.41, 5.74) is 0. The molecule has 0 aliphatic heterocycles. The van der Waals surface area contributed by atoms with Crippen molar-refractivity contribution in [2.24, 2.45) is 0 Å². The van der Waals surface area contributed by atoms with Crippen LogP contribution in [-0.4, -0.2) is 6.98 Å². The molecule has 0 bridgehead atoms. The van der Waals surface area contributed by atoms with E-state index < -0.39 is 6.98 Å². The van der Waals surface area contributed by atoms with E-state index in [1.165, 1.54) is 0 Å². The molecule has 0 saturated carbocycles. The van der Waals surface area contributed by atoms with E-state index in [9.17, 15) is 12.9 Å². The van der Waals surface area contributed by atoms with Crippen LogP contribution in [0.25, 0.3) is 0 Å². The van der Waals surface area contributed by atoms with Gasteiger partial charge in [-0.2, -0.15) is 5.26 Å². The minimum Gasteiger partial charge on any atom is -0.445 e. The summed E-state index contributed by atoms with van der Waals surface area (Å²) in [5.74, 6) is 0.206. The van der Waals surface area contributed by atoms with Crippen LogP contribution in [0, 0.1) is 11.3 Å². The Labute approximate surface area is 106 Å². The van der Waals surface area contributed by atoms with Gasteiger partial charge in [-0.25, -0.2) is 0 Å². The molecule has 0 rings (SSSR count). The molecule has 6 heteroatoms. The summed E-state index contributed by atoms with van der Waals surface area (Å²) in [6.07, 6.45) is 1.30. The van der Waals surface area contributed by atoms with Gasteiger partial charge in [0, 0.05) is 6.42 Å². The summed E-state index contributed by atoms with van der Waals surface area (Å²) in [5, 5.41) is 7.94. The Kier molecular flexibility index (Phi) is 9.56. The molecule has 0 aromatic carbocycles. The van der Waals surface area contributed by atoms with Crippen molar-refractivity contribution in [3.05, 3.63) is 12.1 Å². The van der Waals surface area contributed by atoms with Gasteiger partial charge in [0.1, 0.15) is 0 Å². The predicted molar refractivity (Wildman–Crippen MR) is 33.1 cm³/mol. The zero-order valence-corrected chi connectivity index (χ0v) is 9.35. The number of unbranched alkanes of at least 4 members (excludes halogenated alkanes) is 1. The molecule has 0 saturated heterocycles. The van der Waals surface area contributed by atoms with Crippen molar-refractivity contribution >= 4 is 6.98 Å². The van der Waals surface area contributed by atoms with Crippen LogP contribution in [-0.2, 0) is 0 Å². The van der Waals surface area contributed by atoms with Crippen LogP contribution >= 0.6 is 0 Å². The van der Waals surface area contributed by atoms with Gasteiger partial charge in [0.25, 0.3) is 0 Å². The van der Waals surface area contributed by atoms with Crippen molar-refractivity contribution in [3.8, 4) is 6.07 Å². The summed E-state index contributed by atoms with van der Waals surface area (Å²) < 4.78 is 34.1. The number of hydrogen-bond donors (Lipinski definition) is 0. The Bertz CT molecular complexity index is 160. The van der Waals surface area contributed by atoms with Gasteiger partial charge < -0.3 is 12.9 Å². The molecule has 0 amide bonds. The van der Waals surface area contributed by atoms with Gasteiger partial charge in [-0.3, -0.25) is 0 Å². The van der Waals surface area contributed by atoms with E-state index in [4.69, 9.17) is 5.26 Å². The van der Waals surface area contributed by atoms with E-state index in [0.29, 0.717) is 0 Å². The first-order chi connectivity index (χ1) is 4.56. The molecule has 0 aliphatic carbocycles. The summed E-state index contributed by atoms with van der Waals surface area (Å²) in [7, 11) is 0. The number of nitriles is 1. The maximum Gasteiger partial charge on any atom is 1.00 e. The first kappa shape index (κ1) is 14.3. The fourth-order valence-corrected chi connectivity index (χ4v) is 0.398. The van der Waals surface area contributed by atoms with Gasteiger partial charge in [-0.15, -0.1) is 12.1 Å². The topological polar surface area (TPSA) is 23.8 Å². The molecular formula is C5H6BF3KN.